The third kappa shape index (κ3) is 3.44. The third-order valence-corrected chi connectivity index (χ3v) is 21.8. The number of ether oxygens (including phenoxy) is 2. The molecule has 0 aromatic heterocycles. The molecule has 0 amide bonds. The van der Waals surface area contributed by atoms with Gasteiger partial charge in [-0.05, 0) is 0 Å². The summed E-state index contributed by atoms with van der Waals surface area (Å²) in [5, 5.41) is 0. The monoisotopic (exact) mass is 623 g/mol. The Hall–Kier alpha value is -4.48. The van der Waals surface area contributed by atoms with E-state index < -0.39 is 18.4 Å². The van der Waals surface area contributed by atoms with Crippen LogP contribution in [0.1, 0.15) is 0 Å². The van der Waals surface area contributed by atoms with Crippen molar-refractivity contribution >= 4 is 49.8 Å². The van der Waals surface area contributed by atoms with Crippen LogP contribution in [0.2, 0.25) is 0 Å². The van der Waals surface area contributed by atoms with E-state index in [1.54, 1.807) is 0 Å². The number of nitrogens with zero attached hydrogens (tertiary/aromatic N) is 1. The Morgan fingerprint density at radius 3 is 1.50 bits per heavy atom. The summed E-state index contributed by atoms with van der Waals surface area (Å²) in [6, 6.07) is 54.0. The topological polar surface area (TPSA) is 21.7 Å². The molecular weight excluding hydrogens is 597 g/mol. The van der Waals surface area contributed by atoms with E-state index in [2.05, 4.69) is 132 Å². The summed E-state index contributed by atoms with van der Waals surface area (Å²) in [4.78, 5) is 2.28. The molecule has 2 aliphatic rings. The van der Waals surface area contributed by atoms with Gasteiger partial charge in [0.15, 0.2) is 0 Å². The minimum absolute atomic E-state index is 0.840. The minimum atomic E-state index is -3.75. The first-order valence-electron chi connectivity index (χ1n) is 13.5. The van der Waals surface area contributed by atoms with Gasteiger partial charge in [-0.2, -0.15) is 0 Å². The molecule has 4 heteroatoms. The van der Waals surface area contributed by atoms with Gasteiger partial charge in [0.1, 0.15) is 0 Å². The first-order valence-corrected chi connectivity index (χ1v) is 19.2. The first-order chi connectivity index (χ1) is 19.8. The second kappa shape index (κ2) is 9.32. The Bertz CT molecular complexity index is 1780. The van der Waals surface area contributed by atoms with Crippen molar-refractivity contribution in [3.05, 3.63) is 152 Å². The van der Waals surface area contributed by atoms with Crippen LogP contribution in [0.25, 0.3) is 0 Å². The standard InChI is InChI=1S/C24H15NO2.2C6H5.Sn/c1-2-10-19(11-3-1)26-20-12-8-9-18(17-20)25-21-13-4-6-15-23(21)27-24-16-7-5-14-22(24)25;2*1-2-4-6-5-3-1;/h1-10,13-17H;2*1-5H;. The zero-order valence-corrected chi connectivity index (χ0v) is 24.6. The summed E-state index contributed by atoms with van der Waals surface area (Å²) in [5.41, 5.74) is 3.07. The van der Waals surface area contributed by atoms with Crippen molar-refractivity contribution in [1.29, 1.82) is 0 Å². The van der Waals surface area contributed by atoms with Crippen molar-refractivity contribution in [3.8, 4) is 23.0 Å². The van der Waals surface area contributed by atoms with E-state index in [1.165, 1.54) is 14.3 Å². The van der Waals surface area contributed by atoms with Crippen molar-refractivity contribution in [3.63, 3.8) is 0 Å². The zero-order valence-electron chi connectivity index (χ0n) is 21.7. The molecule has 190 valence electrons. The number of para-hydroxylation sites is 5. The van der Waals surface area contributed by atoms with Gasteiger partial charge in [0.2, 0.25) is 0 Å². The Morgan fingerprint density at radius 2 is 0.875 bits per heavy atom. The van der Waals surface area contributed by atoms with E-state index in [4.69, 9.17) is 9.47 Å². The first kappa shape index (κ1) is 23.4. The van der Waals surface area contributed by atoms with E-state index in [-0.39, 0.29) is 0 Å². The maximum atomic E-state index is 6.78. The number of hydrogen-bond donors (Lipinski definition) is 0. The zero-order chi connectivity index (χ0) is 26.5. The maximum absolute atomic E-state index is 6.78. The molecule has 6 aromatic carbocycles. The molecule has 3 nitrogen and oxygen atoms in total. The molecular formula is C36H25NO2Sn. The van der Waals surface area contributed by atoms with E-state index in [0.29, 0.717) is 0 Å². The van der Waals surface area contributed by atoms with Crippen LogP contribution >= 0.6 is 0 Å². The summed E-state index contributed by atoms with van der Waals surface area (Å²) in [6.45, 7) is 0. The van der Waals surface area contributed by atoms with Gasteiger partial charge in [0.05, 0.1) is 0 Å². The summed E-state index contributed by atoms with van der Waals surface area (Å²) >= 11 is -3.75. The fraction of sp³-hybridized carbons (Fsp3) is 0. The molecule has 8 rings (SSSR count). The number of rotatable bonds is 3. The normalized spacial score (nSPS) is 14.1. The average molecular weight is 622 g/mol. The molecule has 2 aliphatic heterocycles. The predicted octanol–water partition coefficient (Wildman–Crippen LogP) is 6.75. The van der Waals surface area contributed by atoms with Crippen molar-refractivity contribution in [2.24, 2.45) is 0 Å². The number of hydrogen-bond acceptors (Lipinski definition) is 3. The SMILES string of the molecule is c1cc[c]([Sn]2([c]3ccccc3)[c]3ccccc3Oc3cc(N4c5ccccc5Oc5ccccc54)cc[c]32)cc1. The molecule has 6 aromatic rings. The van der Waals surface area contributed by atoms with Crippen molar-refractivity contribution < 1.29 is 9.47 Å². The van der Waals surface area contributed by atoms with Crippen molar-refractivity contribution in [1.82, 2.24) is 0 Å². The Labute approximate surface area is 237 Å². The predicted molar refractivity (Wildman–Crippen MR) is 165 cm³/mol. The van der Waals surface area contributed by atoms with Crippen LogP contribution < -0.4 is 28.7 Å². The number of anilines is 3. The average Bonchev–Trinajstić information content (AvgIpc) is 3.03. The van der Waals surface area contributed by atoms with Gasteiger partial charge in [-0.3, -0.25) is 0 Å². The van der Waals surface area contributed by atoms with Gasteiger partial charge in [-0.1, -0.05) is 0 Å². The van der Waals surface area contributed by atoms with Crippen LogP contribution in [-0.2, 0) is 0 Å². The quantitative estimate of drug-likeness (QED) is 0.204. The summed E-state index contributed by atoms with van der Waals surface area (Å²) in [7, 11) is 0. The molecule has 0 bridgehead atoms. The molecule has 0 atom stereocenters. The fourth-order valence-electron chi connectivity index (χ4n) is 6.32. The molecule has 0 saturated heterocycles. The summed E-state index contributed by atoms with van der Waals surface area (Å²) in [5.74, 6) is 3.57. The van der Waals surface area contributed by atoms with Crippen LogP contribution in [0.4, 0.5) is 17.1 Å². The van der Waals surface area contributed by atoms with Gasteiger partial charge in [0.25, 0.3) is 0 Å². The van der Waals surface area contributed by atoms with Gasteiger partial charge in [-0.25, -0.2) is 0 Å². The Kier molecular flexibility index (Phi) is 5.45. The van der Waals surface area contributed by atoms with Gasteiger partial charge < -0.3 is 0 Å². The number of benzene rings is 6. The molecule has 0 radical (unpaired) electrons. The summed E-state index contributed by atoms with van der Waals surface area (Å²) in [6.07, 6.45) is 0. The molecule has 0 fully saturated rings. The van der Waals surface area contributed by atoms with E-state index in [1.807, 2.05) is 24.3 Å². The van der Waals surface area contributed by atoms with Crippen LogP contribution in [0.15, 0.2) is 152 Å². The second-order valence-electron chi connectivity index (χ2n) is 10.1. The molecule has 0 saturated carbocycles. The van der Waals surface area contributed by atoms with Crippen molar-refractivity contribution in [2.45, 2.75) is 0 Å². The van der Waals surface area contributed by atoms with Crippen LogP contribution in [0.5, 0.6) is 23.0 Å². The van der Waals surface area contributed by atoms with E-state index >= 15 is 0 Å². The molecule has 40 heavy (non-hydrogen) atoms. The molecule has 0 N–H and O–H groups in total. The third-order valence-electron chi connectivity index (χ3n) is 7.98. The van der Waals surface area contributed by atoms with E-state index in [9.17, 15) is 0 Å². The van der Waals surface area contributed by atoms with Crippen LogP contribution in [0.3, 0.4) is 0 Å². The molecule has 0 spiro atoms. The molecule has 0 aliphatic carbocycles. The molecule has 2 heterocycles. The Balaban J connectivity index is 1.40. The van der Waals surface area contributed by atoms with Gasteiger partial charge >= 0.3 is 239 Å². The summed E-state index contributed by atoms with van der Waals surface area (Å²) < 4.78 is 18.5. The van der Waals surface area contributed by atoms with Gasteiger partial charge in [-0.15, -0.1) is 0 Å². The van der Waals surface area contributed by atoms with Crippen LogP contribution in [0, 0.1) is 0 Å². The van der Waals surface area contributed by atoms with E-state index in [0.717, 1.165) is 40.1 Å². The molecule has 0 unspecified atom stereocenters. The van der Waals surface area contributed by atoms with Gasteiger partial charge in [0, 0.05) is 0 Å². The number of fused-ring (bicyclic) bond motifs is 4. The second-order valence-corrected chi connectivity index (χ2v) is 20.8. The van der Waals surface area contributed by atoms with Crippen molar-refractivity contribution in [2.75, 3.05) is 4.90 Å². The Morgan fingerprint density at radius 1 is 0.400 bits per heavy atom. The fourth-order valence-corrected chi connectivity index (χ4v) is 20.4. The van der Waals surface area contributed by atoms with Crippen LogP contribution in [-0.4, -0.2) is 18.4 Å².